The number of hydrogen-bond donors (Lipinski definition) is 2. The molecule has 0 aliphatic heterocycles. The van der Waals surface area contributed by atoms with Crippen molar-refractivity contribution in [2.45, 2.75) is 12.2 Å². The Hall–Kier alpha value is -0.300. The molecule has 0 aliphatic carbocycles. The molecule has 92 valence electrons. The molecule has 0 heterocycles. The number of rotatable bonds is 2. The first-order chi connectivity index (χ1) is 6.86. The topological polar surface area (TPSA) is 46.2 Å². The molecule has 16 heavy (non-hydrogen) atoms. The fourth-order valence-electron chi connectivity index (χ4n) is 1.10. The Morgan fingerprint density at radius 1 is 1.38 bits per heavy atom. The average molecular weight is 321 g/mol. The lowest BCUT2D eigenvalue weighted by molar-refractivity contribution is -0.137. The molecule has 3 N–H and O–H groups in total. The summed E-state index contributed by atoms with van der Waals surface area (Å²) < 4.78 is 37.1. The maximum atomic E-state index is 12.3. The third kappa shape index (κ3) is 3.62. The van der Waals surface area contributed by atoms with Gasteiger partial charge in [-0.3, -0.25) is 0 Å². The number of aliphatic hydroxyl groups is 1. The number of alkyl halides is 3. The fourth-order valence-corrected chi connectivity index (χ4v) is 1.78. The summed E-state index contributed by atoms with van der Waals surface area (Å²) in [5.74, 6) is 0. The summed E-state index contributed by atoms with van der Waals surface area (Å²) in [5, 5.41) is 8.77. The third-order valence-electron chi connectivity index (χ3n) is 1.92. The van der Waals surface area contributed by atoms with Gasteiger partial charge in [0.1, 0.15) is 0 Å². The minimum atomic E-state index is -4.37. The largest absolute Gasteiger partial charge is 0.416 e. The van der Waals surface area contributed by atoms with Gasteiger partial charge in [-0.15, -0.1) is 12.4 Å². The molecule has 0 aromatic heterocycles. The van der Waals surface area contributed by atoms with Crippen molar-refractivity contribution in [2.75, 3.05) is 6.61 Å². The van der Waals surface area contributed by atoms with Gasteiger partial charge < -0.3 is 10.8 Å². The van der Waals surface area contributed by atoms with Crippen LogP contribution in [0.15, 0.2) is 22.7 Å². The van der Waals surface area contributed by atoms with Crippen LogP contribution >= 0.6 is 28.3 Å². The smallest absolute Gasteiger partial charge is 0.394 e. The van der Waals surface area contributed by atoms with Crippen LogP contribution in [0.4, 0.5) is 13.2 Å². The monoisotopic (exact) mass is 319 g/mol. The van der Waals surface area contributed by atoms with Crippen LogP contribution in [0.3, 0.4) is 0 Å². The molecule has 0 saturated heterocycles. The molecule has 1 rings (SSSR count). The van der Waals surface area contributed by atoms with E-state index >= 15 is 0 Å². The van der Waals surface area contributed by atoms with Crippen molar-refractivity contribution in [3.63, 3.8) is 0 Å². The van der Waals surface area contributed by atoms with Gasteiger partial charge in [0.25, 0.3) is 0 Å². The maximum Gasteiger partial charge on any atom is 0.416 e. The zero-order chi connectivity index (χ0) is 11.6. The predicted molar refractivity (Wildman–Crippen MR) is 60.4 cm³/mol. The molecule has 0 aliphatic rings. The molecule has 1 aromatic carbocycles. The van der Waals surface area contributed by atoms with E-state index in [0.29, 0.717) is 5.56 Å². The number of nitrogens with two attached hydrogens (primary N) is 1. The number of aliphatic hydroxyl groups excluding tert-OH is 1. The van der Waals surface area contributed by atoms with Crippen LogP contribution in [0.5, 0.6) is 0 Å². The molecule has 2 nitrogen and oxygen atoms in total. The first-order valence-corrected chi connectivity index (χ1v) is 4.88. The second-order valence-electron chi connectivity index (χ2n) is 3.02. The van der Waals surface area contributed by atoms with E-state index in [2.05, 4.69) is 15.9 Å². The van der Waals surface area contributed by atoms with Crippen LogP contribution < -0.4 is 5.73 Å². The zero-order valence-corrected chi connectivity index (χ0v) is 10.4. The molecule has 0 spiro atoms. The lowest BCUT2D eigenvalue weighted by atomic mass is 10.1. The summed E-state index contributed by atoms with van der Waals surface area (Å²) in [6, 6.07) is 2.47. The Labute approximate surface area is 105 Å². The van der Waals surface area contributed by atoms with Gasteiger partial charge in [-0.05, 0) is 17.7 Å². The third-order valence-corrected chi connectivity index (χ3v) is 2.61. The van der Waals surface area contributed by atoms with Crippen LogP contribution in [0.2, 0.25) is 0 Å². The average Bonchev–Trinajstić information content (AvgIpc) is 2.15. The van der Waals surface area contributed by atoms with E-state index in [1.807, 2.05) is 0 Å². The quantitative estimate of drug-likeness (QED) is 0.880. The summed E-state index contributed by atoms with van der Waals surface area (Å²) in [6.07, 6.45) is -4.37. The van der Waals surface area contributed by atoms with E-state index in [9.17, 15) is 13.2 Å². The molecule has 1 aromatic rings. The SMILES string of the molecule is Cl.N[C@H](CO)c1ccc(C(F)(F)F)cc1Br. The van der Waals surface area contributed by atoms with E-state index in [4.69, 9.17) is 10.8 Å². The van der Waals surface area contributed by atoms with Gasteiger partial charge in [-0.1, -0.05) is 22.0 Å². The molecular weight excluding hydrogens is 310 g/mol. The summed E-state index contributed by atoms with van der Waals surface area (Å²) in [5.41, 5.74) is 5.20. The highest BCUT2D eigenvalue weighted by Gasteiger charge is 2.31. The highest BCUT2D eigenvalue weighted by Crippen LogP contribution is 2.33. The Morgan fingerprint density at radius 3 is 2.31 bits per heavy atom. The van der Waals surface area contributed by atoms with Crippen molar-refractivity contribution in [2.24, 2.45) is 5.73 Å². The Kier molecular flexibility index (Phi) is 5.75. The van der Waals surface area contributed by atoms with Gasteiger partial charge in [0, 0.05) is 4.47 Å². The Morgan fingerprint density at radius 2 is 1.94 bits per heavy atom. The maximum absolute atomic E-state index is 12.3. The van der Waals surface area contributed by atoms with Crippen LogP contribution in [0.1, 0.15) is 17.2 Å². The number of halogens is 5. The van der Waals surface area contributed by atoms with E-state index < -0.39 is 17.8 Å². The summed E-state index contributed by atoms with van der Waals surface area (Å²) in [6.45, 7) is -0.316. The van der Waals surface area contributed by atoms with Crippen molar-refractivity contribution >= 4 is 28.3 Å². The van der Waals surface area contributed by atoms with Gasteiger partial charge in [-0.25, -0.2) is 0 Å². The molecule has 1 atom stereocenters. The molecule has 7 heteroatoms. The first kappa shape index (κ1) is 15.7. The van der Waals surface area contributed by atoms with Crippen LogP contribution in [0.25, 0.3) is 0 Å². The second-order valence-corrected chi connectivity index (χ2v) is 3.88. The lowest BCUT2D eigenvalue weighted by Gasteiger charge is -2.13. The van der Waals surface area contributed by atoms with Gasteiger partial charge in [-0.2, -0.15) is 13.2 Å². The molecule has 0 fully saturated rings. The summed E-state index contributed by atoms with van der Waals surface area (Å²) in [4.78, 5) is 0. The van der Waals surface area contributed by atoms with E-state index in [1.54, 1.807) is 0 Å². The molecule has 0 radical (unpaired) electrons. The molecule has 0 amide bonds. The van der Waals surface area contributed by atoms with Gasteiger partial charge in [0.05, 0.1) is 18.2 Å². The molecule has 0 bridgehead atoms. The predicted octanol–water partition coefficient (Wildman–Crippen LogP) is 2.88. The number of benzene rings is 1. The zero-order valence-electron chi connectivity index (χ0n) is 7.96. The molecule has 0 saturated carbocycles. The van der Waals surface area contributed by atoms with Crippen molar-refractivity contribution in [3.05, 3.63) is 33.8 Å². The fraction of sp³-hybridized carbons (Fsp3) is 0.333. The first-order valence-electron chi connectivity index (χ1n) is 4.09. The molecule has 0 unspecified atom stereocenters. The highest BCUT2D eigenvalue weighted by molar-refractivity contribution is 9.10. The minimum absolute atomic E-state index is 0. The van der Waals surface area contributed by atoms with E-state index in [0.717, 1.165) is 12.1 Å². The normalized spacial score (nSPS) is 13.1. The summed E-state index contributed by atoms with van der Waals surface area (Å²) in [7, 11) is 0. The van der Waals surface area contributed by atoms with E-state index in [-0.39, 0.29) is 23.5 Å². The lowest BCUT2D eigenvalue weighted by Crippen LogP contribution is -2.15. The number of hydrogen-bond acceptors (Lipinski definition) is 2. The highest BCUT2D eigenvalue weighted by atomic mass is 79.9. The Bertz CT molecular complexity index is 359. The van der Waals surface area contributed by atoms with Crippen molar-refractivity contribution in [3.8, 4) is 0 Å². The van der Waals surface area contributed by atoms with Crippen LogP contribution in [-0.2, 0) is 6.18 Å². The van der Waals surface area contributed by atoms with E-state index in [1.165, 1.54) is 6.07 Å². The van der Waals surface area contributed by atoms with Crippen LogP contribution in [0, 0.1) is 0 Å². The van der Waals surface area contributed by atoms with Gasteiger partial charge in [0.15, 0.2) is 0 Å². The van der Waals surface area contributed by atoms with Gasteiger partial charge in [0.2, 0.25) is 0 Å². The van der Waals surface area contributed by atoms with Crippen molar-refractivity contribution < 1.29 is 18.3 Å². The Balaban J connectivity index is 0.00000225. The minimum Gasteiger partial charge on any atom is -0.394 e. The van der Waals surface area contributed by atoms with Gasteiger partial charge >= 0.3 is 6.18 Å². The standard InChI is InChI=1S/C9H9BrF3NO.ClH/c10-7-3-5(9(11,12)13)1-2-6(7)8(14)4-15;/h1-3,8,15H,4,14H2;1H/t8-;/m1./s1. The van der Waals surface area contributed by atoms with Crippen molar-refractivity contribution in [1.29, 1.82) is 0 Å². The second kappa shape index (κ2) is 5.86. The molecular formula is C9H10BrClF3NO. The van der Waals surface area contributed by atoms with Crippen LogP contribution in [-0.4, -0.2) is 11.7 Å². The van der Waals surface area contributed by atoms with Crippen molar-refractivity contribution in [1.82, 2.24) is 0 Å². The summed E-state index contributed by atoms with van der Waals surface area (Å²) >= 11 is 2.99.